The largest absolute Gasteiger partial charge is 0.294 e. The van der Waals surface area contributed by atoms with Crippen molar-refractivity contribution in [3.8, 4) is 0 Å². The van der Waals surface area contributed by atoms with Crippen LogP contribution in [0.4, 0.5) is 0 Å². The molecule has 0 unspecified atom stereocenters. The minimum Gasteiger partial charge on any atom is -0.294 e. The van der Waals surface area contributed by atoms with Gasteiger partial charge in [0.25, 0.3) is 0 Å². The first-order valence-corrected chi connectivity index (χ1v) is 6.43. The predicted molar refractivity (Wildman–Crippen MR) is 73.7 cm³/mol. The zero-order chi connectivity index (χ0) is 13.1. The van der Waals surface area contributed by atoms with E-state index in [4.69, 9.17) is 0 Å². The molecule has 0 aliphatic carbocycles. The minimum atomic E-state index is 0.00249. The van der Waals surface area contributed by atoms with E-state index in [2.05, 4.69) is 25.9 Å². The van der Waals surface area contributed by atoms with Gasteiger partial charge in [-0.2, -0.15) is 0 Å². The molecule has 2 aromatic rings. The average molecular weight is 305 g/mol. The van der Waals surface area contributed by atoms with E-state index in [0.29, 0.717) is 12.0 Å². The second-order valence-electron chi connectivity index (χ2n) is 4.14. The predicted octanol–water partition coefficient (Wildman–Crippen LogP) is 3.34. The summed E-state index contributed by atoms with van der Waals surface area (Å²) >= 11 is 3.40. The Labute approximate surface area is 114 Å². The highest BCUT2D eigenvalue weighted by atomic mass is 79.9. The van der Waals surface area contributed by atoms with Gasteiger partial charge in [-0.05, 0) is 31.5 Å². The second kappa shape index (κ2) is 5.40. The molecule has 2 rings (SSSR count). The number of hydrogen-bond acceptors (Lipinski definition) is 3. The summed E-state index contributed by atoms with van der Waals surface area (Å²) in [5, 5.41) is 0. The zero-order valence-corrected chi connectivity index (χ0v) is 11.9. The van der Waals surface area contributed by atoms with Gasteiger partial charge in [0, 0.05) is 17.1 Å². The van der Waals surface area contributed by atoms with Crippen molar-refractivity contribution >= 4 is 21.7 Å². The molecule has 3 nitrogen and oxygen atoms in total. The molecule has 0 spiro atoms. The van der Waals surface area contributed by atoms with E-state index in [9.17, 15) is 4.79 Å². The lowest BCUT2D eigenvalue weighted by atomic mass is 10.1. The van der Waals surface area contributed by atoms with Crippen molar-refractivity contribution in [1.29, 1.82) is 0 Å². The Morgan fingerprint density at radius 2 is 1.94 bits per heavy atom. The molecule has 0 aliphatic heterocycles. The van der Waals surface area contributed by atoms with Gasteiger partial charge in [-0.1, -0.05) is 28.1 Å². The first-order valence-electron chi connectivity index (χ1n) is 5.64. The Morgan fingerprint density at radius 1 is 1.28 bits per heavy atom. The van der Waals surface area contributed by atoms with E-state index >= 15 is 0 Å². The highest BCUT2D eigenvalue weighted by Gasteiger charge is 2.07. The molecule has 0 atom stereocenters. The Kier molecular flexibility index (Phi) is 3.87. The Bertz CT molecular complexity index is 579. The van der Waals surface area contributed by atoms with Crippen LogP contribution in [-0.2, 0) is 6.42 Å². The molecule has 1 aromatic heterocycles. The van der Waals surface area contributed by atoms with E-state index in [1.165, 1.54) is 6.92 Å². The van der Waals surface area contributed by atoms with Crippen LogP contribution in [0.25, 0.3) is 0 Å². The van der Waals surface area contributed by atoms with Crippen LogP contribution in [0.5, 0.6) is 0 Å². The van der Waals surface area contributed by atoms with E-state index in [0.717, 1.165) is 21.6 Å². The zero-order valence-electron chi connectivity index (χ0n) is 10.3. The van der Waals surface area contributed by atoms with Crippen molar-refractivity contribution in [3.05, 3.63) is 57.6 Å². The minimum absolute atomic E-state index is 0.00249. The first kappa shape index (κ1) is 12.9. The summed E-state index contributed by atoms with van der Waals surface area (Å²) in [7, 11) is 0. The lowest BCUT2D eigenvalue weighted by Gasteiger charge is -2.04. The normalized spacial score (nSPS) is 10.4. The van der Waals surface area contributed by atoms with Crippen molar-refractivity contribution in [2.24, 2.45) is 0 Å². The molecule has 0 aliphatic rings. The molecule has 4 heteroatoms. The number of aryl methyl sites for hydroxylation is 1. The molecule has 0 N–H and O–H groups in total. The van der Waals surface area contributed by atoms with Gasteiger partial charge < -0.3 is 0 Å². The van der Waals surface area contributed by atoms with Gasteiger partial charge in [0.2, 0.25) is 0 Å². The molecule has 0 radical (unpaired) electrons. The van der Waals surface area contributed by atoms with Crippen LogP contribution in [-0.4, -0.2) is 15.8 Å². The third-order valence-corrected chi connectivity index (χ3v) is 3.21. The van der Waals surface area contributed by atoms with E-state index in [-0.39, 0.29) is 5.78 Å². The summed E-state index contributed by atoms with van der Waals surface area (Å²) in [4.78, 5) is 19.9. The molecule has 18 heavy (non-hydrogen) atoms. The number of carbonyl (C=O) groups excluding carboxylic acids is 1. The fraction of sp³-hybridized carbons (Fsp3) is 0.214. The van der Waals surface area contributed by atoms with E-state index in [1.807, 2.05) is 31.2 Å². The standard InChI is InChI=1S/C14H13BrN2O/c1-9-13(10(2)18)8-16-14(17-9)7-11-3-5-12(15)6-4-11/h3-6,8H,7H2,1-2H3. The first-order chi connectivity index (χ1) is 8.56. The number of hydrogen-bond donors (Lipinski definition) is 0. The highest BCUT2D eigenvalue weighted by molar-refractivity contribution is 9.10. The number of rotatable bonds is 3. The molecule has 0 saturated heterocycles. The van der Waals surface area contributed by atoms with Gasteiger partial charge >= 0.3 is 0 Å². The van der Waals surface area contributed by atoms with Gasteiger partial charge in [-0.3, -0.25) is 4.79 Å². The van der Waals surface area contributed by atoms with E-state index < -0.39 is 0 Å². The average Bonchev–Trinajstić information content (AvgIpc) is 2.32. The molecule has 0 amide bonds. The number of benzene rings is 1. The van der Waals surface area contributed by atoms with Gasteiger partial charge in [-0.15, -0.1) is 0 Å². The maximum absolute atomic E-state index is 11.3. The van der Waals surface area contributed by atoms with Crippen LogP contribution in [0, 0.1) is 6.92 Å². The number of carbonyl (C=O) groups is 1. The lowest BCUT2D eigenvalue weighted by molar-refractivity contribution is 0.101. The Balaban J connectivity index is 2.22. The maximum Gasteiger partial charge on any atom is 0.163 e. The molecule has 0 saturated carbocycles. The van der Waals surface area contributed by atoms with Gasteiger partial charge in [0.15, 0.2) is 5.78 Å². The van der Waals surface area contributed by atoms with Gasteiger partial charge in [0.1, 0.15) is 5.82 Å². The monoisotopic (exact) mass is 304 g/mol. The fourth-order valence-electron chi connectivity index (χ4n) is 1.73. The van der Waals surface area contributed by atoms with Crippen LogP contribution in [0.15, 0.2) is 34.9 Å². The summed E-state index contributed by atoms with van der Waals surface area (Å²) in [6.07, 6.45) is 2.28. The topological polar surface area (TPSA) is 42.9 Å². The third kappa shape index (κ3) is 3.01. The number of Topliss-reactive ketones (excluding diaryl/α,β-unsaturated/α-hetero) is 1. The SMILES string of the molecule is CC(=O)c1cnc(Cc2ccc(Br)cc2)nc1C. The Morgan fingerprint density at radius 3 is 2.50 bits per heavy atom. The van der Waals surface area contributed by atoms with Crippen molar-refractivity contribution in [3.63, 3.8) is 0 Å². The number of ketones is 1. The Hall–Kier alpha value is -1.55. The van der Waals surface area contributed by atoms with Crippen molar-refractivity contribution in [2.75, 3.05) is 0 Å². The van der Waals surface area contributed by atoms with Crippen LogP contribution < -0.4 is 0 Å². The molecule has 92 valence electrons. The number of aromatic nitrogens is 2. The highest BCUT2D eigenvalue weighted by Crippen LogP contribution is 2.13. The fourth-order valence-corrected chi connectivity index (χ4v) is 2.00. The smallest absolute Gasteiger partial charge is 0.163 e. The molecular weight excluding hydrogens is 292 g/mol. The number of halogens is 1. The molecule has 0 fully saturated rings. The molecular formula is C14H13BrN2O. The van der Waals surface area contributed by atoms with Crippen molar-refractivity contribution in [2.45, 2.75) is 20.3 Å². The van der Waals surface area contributed by atoms with Gasteiger partial charge in [0.05, 0.1) is 11.3 Å². The van der Waals surface area contributed by atoms with Crippen LogP contribution in [0.1, 0.15) is 34.4 Å². The summed E-state index contributed by atoms with van der Waals surface area (Å²) in [6, 6.07) is 8.04. The van der Waals surface area contributed by atoms with Crippen molar-refractivity contribution in [1.82, 2.24) is 9.97 Å². The summed E-state index contributed by atoms with van der Waals surface area (Å²) < 4.78 is 1.05. The van der Waals surface area contributed by atoms with Crippen molar-refractivity contribution < 1.29 is 4.79 Å². The third-order valence-electron chi connectivity index (χ3n) is 2.68. The maximum atomic E-state index is 11.3. The summed E-state index contributed by atoms with van der Waals surface area (Å²) in [5.74, 6) is 0.738. The van der Waals surface area contributed by atoms with Crippen LogP contribution in [0.3, 0.4) is 0 Å². The van der Waals surface area contributed by atoms with Gasteiger partial charge in [-0.25, -0.2) is 9.97 Å². The summed E-state index contributed by atoms with van der Waals surface area (Å²) in [5.41, 5.74) is 2.48. The van der Waals surface area contributed by atoms with Crippen LogP contribution in [0.2, 0.25) is 0 Å². The number of nitrogens with zero attached hydrogens (tertiary/aromatic N) is 2. The molecule has 1 aromatic carbocycles. The second-order valence-corrected chi connectivity index (χ2v) is 5.06. The molecule has 1 heterocycles. The molecule has 0 bridgehead atoms. The van der Waals surface area contributed by atoms with Crippen LogP contribution >= 0.6 is 15.9 Å². The van der Waals surface area contributed by atoms with E-state index in [1.54, 1.807) is 6.20 Å². The summed E-state index contributed by atoms with van der Waals surface area (Å²) in [6.45, 7) is 3.36. The lowest BCUT2D eigenvalue weighted by Crippen LogP contribution is -2.04. The quantitative estimate of drug-likeness (QED) is 0.817.